The summed E-state index contributed by atoms with van der Waals surface area (Å²) in [6, 6.07) is 9.47. The Morgan fingerprint density at radius 2 is 1.79 bits per heavy atom. The van der Waals surface area contributed by atoms with Gasteiger partial charge in [0, 0.05) is 5.69 Å². The van der Waals surface area contributed by atoms with Gasteiger partial charge in [0.15, 0.2) is 0 Å². The molecule has 19 heavy (non-hydrogen) atoms. The van der Waals surface area contributed by atoms with Gasteiger partial charge >= 0.3 is 6.09 Å². The van der Waals surface area contributed by atoms with Crippen LogP contribution in [0.5, 0.6) is 0 Å². The molecule has 0 aromatic heterocycles. The van der Waals surface area contributed by atoms with Gasteiger partial charge in [-0.3, -0.25) is 5.32 Å². The molecule has 0 atom stereocenters. The molecule has 0 heterocycles. The molecule has 4 heteroatoms. The topological polar surface area (TPSA) is 62.1 Å². The summed E-state index contributed by atoms with van der Waals surface area (Å²) < 4.78 is 5.21. The van der Waals surface area contributed by atoms with Crippen molar-refractivity contribution in [1.29, 1.82) is 5.26 Å². The smallest absolute Gasteiger partial charge is 0.412 e. The van der Waals surface area contributed by atoms with Crippen LogP contribution in [0.1, 0.15) is 40.2 Å². The van der Waals surface area contributed by atoms with Crippen molar-refractivity contribution >= 4 is 11.8 Å². The minimum Gasteiger partial charge on any atom is -0.444 e. The van der Waals surface area contributed by atoms with Crippen LogP contribution < -0.4 is 5.32 Å². The molecule has 0 aliphatic rings. The Morgan fingerprint density at radius 1 is 1.21 bits per heavy atom. The highest BCUT2D eigenvalue weighted by atomic mass is 16.6. The second kappa shape index (κ2) is 5.31. The Kier molecular flexibility index (Phi) is 4.21. The van der Waals surface area contributed by atoms with Crippen LogP contribution in [0, 0.1) is 11.3 Å². The number of nitrogens with zero attached hydrogens (tertiary/aromatic N) is 1. The van der Waals surface area contributed by atoms with Crippen molar-refractivity contribution in [2.45, 2.75) is 45.6 Å². The minimum atomic E-state index is -0.675. The summed E-state index contributed by atoms with van der Waals surface area (Å²) in [5.41, 5.74) is 0.140. The van der Waals surface area contributed by atoms with Crippen molar-refractivity contribution in [3.05, 3.63) is 29.8 Å². The zero-order valence-corrected chi connectivity index (χ0v) is 12.1. The van der Waals surface area contributed by atoms with E-state index in [4.69, 9.17) is 4.74 Å². The maximum Gasteiger partial charge on any atom is 0.412 e. The summed E-state index contributed by atoms with van der Waals surface area (Å²) in [4.78, 5) is 11.8. The fourth-order valence-corrected chi connectivity index (χ4v) is 1.61. The highest BCUT2D eigenvalue weighted by Crippen LogP contribution is 2.29. The van der Waals surface area contributed by atoms with E-state index in [0.29, 0.717) is 5.69 Å². The number of carbonyl (C=O) groups excluding carboxylic acids is 1. The first kappa shape index (κ1) is 15.0. The van der Waals surface area contributed by atoms with Gasteiger partial charge in [-0.1, -0.05) is 18.2 Å². The Hall–Kier alpha value is -2.02. The summed E-state index contributed by atoms with van der Waals surface area (Å²) >= 11 is 0. The molecular formula is C15H20N2O2. The second-order valence-corrected chi connectivity index (χ2v) is 5.91. The molecule has 0 bridgehead atoms. The zero-order valence-electron chi connectivity index (χ0n) is 12.1. The first-order valence-corrected chi connectivity index (χ1v) is 6.16. The lowest BCUT2D eigenvalue weighted by Gasteiger charge is -2.23. The number of ether oxygens (including phenoxy) is 1. The molecule has 1 aromatic carbocycles. The summed E-state index contributed by atoms with van der Waals surface area (Å²) in [5.74, 6) is 0. The maximum absolute atomic E-state index is 11.8. The van der Waals surface area contributed by atoms with Crippen molar-refractivity contribution < 1.29 is 9.53 Å². The average Bonchev–Trinajstić information content (AvgIpc) is 2.27. The molecule has 0 fully saturated rings. The van der Waals surface area contributed by atoms with Crippen molar-refractivity contribution in [3.8, 4) is 6.07 Å². The van der Waals surface area contributed by atoms with Gasteiger partial charge in [0.2, 0.25) is 0 Å². The van der Waals surface area contributed by atoms with E-state index in [1.54, 1.807) is 26.8 Å². The van der Waals surface area contributed by atoms with E-state index >= 15 is 0 Å². The van der Waals surface area contributed by atoms with Crippen LogP contribution in [0.2, 0.25) is 0 Å². The van der Waals surface area contributed by atoms with Crippen molar-refractivity contribution in [1.82, 2.24) is 0 Å². The molecule has 0 aliphatic heterocycles. The normalized spacial score (nSPS) is 11.6. The summed E-state index contributed by atoms with van der Waals surface area (Å²) in [6.07, 6.45) is -0.520. The van der Waals surface area contributed by atoms with E-state index in [-0.39, 0.29) is 0 Å². The van der Waals surface area contributed by atoms with Gasteiger partial charge in [0.25, 0.3) is 0 Å². The Morgan fingerprint density at radius 3 is 2.32 bits per heavy atom. The van der Waals surface area contributed by atoms with Crippen LogP contribution in [-0.4, -0.2) is 11.7 Å². The van der Waals surface area contributed by atoms with Gasteiger partial charge in [-0.05, 0) is 46.2 Å². The van der Waals surface area contributed by atoms with Gasteiger partial charge in [-0.2, -0.15) is 5.26 Å². The highest BCUT2D eigenvalue weighted by molar-refractivity contribution is 5.86. The van der Waals surface area contributed by atoms with Crippen LogP contribution in [0.3, 0.4) is 0 Å². The number of carbonyl (C=O) groups is 1. The number of anilines is 1. The fourth-order valence-electron chi connectivity index (χ4n) is 1.61. The van der Waals surface area contributed by atoms with Gasteiger partial charge in [0.05, 0.1) is 11.5 Å². The summed E-state index contributed by atoms with van der Waals surface area (Å²) in [7, 11) is 0. The monoisotopic (exact) mass is 260 g/mol. The van der Waals surface area contributed by atoms with Gasteiger partial charge in [0.1, 0.15) is 5.60 Å². The number of hydrogen-bond acceptors (Lipinski definition) is 3. The molecule has 102 valence electrons. The first-order chi connectivity index (χ1) is 8.65. The molecule has 1 N–H and O–H groups in total. The zero-order chi connectivity index (χ0) is 14.7. The number of amides is 1. The lowest BCUT2D eigenvalue weighted by molar-refractivity contribution is 0.0635. The number of para-hydroxylation sites is 1. The Labute approximate surface area is 114 Å². The van der Waals surface area contributed by atoms with E-state index in [0.717, 1.165) is 5.56 Å². The van der Waals surface area contributed by atoms with E-state index in [1.165, 1.54) is 0 Å². The van der Waals surface area contributed by atoms with Crippen LogP contribution in [0.25, 0.3) is 0 Å². The van der Waals surface area contributed by atoms with E-state index < -0.39 is 17.1 Å². The van der Waals surface area contributed by atoms with Gasteiger partial charge in [-0.15, -0.1) is 0 Å². The Balaban J connectivity index is 2.98. The van der Waals surface area contributed by atoms with E-state index in [9.17, 15) is 10.1 Å². The largest absolute Gasteiger partial charge is 0.444 e. The third-order valence-corrected chi connectivity index (χ3v) is 2.52. The molecule has 1 amide bonds. The minimum absolute atomic E-state index is 0.520. The third kappa shape index (κ3) is 4.29. The molecule has 0 radical (unpaired) electrons. The lowest BCUT2D eigenvalue weighted by atomic mass is 9.85. The average molecular weight is 260 g/mol. The summed E-state index contributed by atoms with van der Waals surface area (Å²) in [5, 5.41) is 11.9. The van der Waals surface area contributed by atoms with E-state index in [1.807, 2.05) is 32.0 Å². The van der Waals surface area contributed by atoms with Crippen molar-refractivity contribution in [3.63, 3.8) is 0 Å². The standard InChI is InChI=1S/C15H20N2O2/c1-14(2,3)19-13(18)17-12-9-7-6-8-11(12)15(4,5)10-16/h6-9H,1-5H3,(H,17,18). The predicted octanol–water partition coefficient (Wildman–Crippen LogP) is 3.83. The van der Waals surface area contributed by atoms with Crippen LogP contribution >= 0.6 is 0 Å². The van der Waals surface area contributed by atoms with Gasteiger partial charge < -0.3 is 4.74 Å². The number of hydrogen-bond donors (Lipinski definition) is 1. The van der Waals surface area contributed by atoms with Gasteiger partial charge in [-0.25, -0.2) is 4.79 Å². The number of nitrogens with one attached hydrogen (secondary N) is 1. The second-order valence-electron chi connectivity index (χ2n) is 5.91. The molecule has 0 unspecified atom stereocenters. The number of rotatable bonds is 2. The van der Waals surface area contributed by atoms with Crippen LogP contribution in [-0.2, 0) is 10.2 Å². The molecule has 0 saturated carbocycles. The Bertz CT molecular complexity index is 508. The molecule has 0 saturated heterocycles. The summed E-state index contributed by atoms with van der Waals surface area (Å²) in [6.45, 7) is 9.03. The number of nitriles is 1. The third-order valence-electron chi connectivity index (χ3n) is 2.52. The number of benzene rings is 1. The SMILES string of the molecule is CC(C)(C)OC(=O)Nc1ccccc1C(C)(C)C#N. The van der Waals surface area contributed by atoms with Crippen molar-refractivity contribution in [2.24, 2.45) is 0 Å². The van der Waals surface area contributed by atoms with Crippen LogP contribution in [0.15, 0.2) is 24.3 Å². The fraction of sp³-hybridized carbons (Fsp3) is 0.467. The van der Waals surface area contributed by atoms with Crippen molar-refractivity contribution in [2.75, 3.05) is 5.32 Å². The highest BCUT2D eigenvalue weighted by Gasteiger charge is 2.24. The maximum atomic E-state index is 11.8. The predicted molar refractivity (Wildman–Crippen MR) is 74.9 cm³/mol. The molecule has 0 spiro atoms. The molecule has 4 nitrogen and oxygen atoms in total. The molecular weight excluding hydrogens is 240 g/mol. The van der Waals surface area contributed by atoms with Crippen LogP contribution in [0.4, 0.5) is 10.5 Å². The molecule has 1 aromatic rings. The quantitative estimate of drug-likeness (QED) is 0.878. The molecule has 0 aliphatic carbocycles. The first-order valence-electron chi connectivity index (χ1n) is 6.16. The molecule has 1 rings (SSSR count). The van der Waals surface area contributed by atoms with E-state index in [2.05, 4.69) is 11.4 Å². The lowest BCUT2D eigenvalue weighted by Crippen LogP contribution is -2.28.